The van der Waals surface area contributed by atoms with Crippen molar-refractivity contribution in [2.75, 3.05) is 0 Å². The second kappa shape index (κ2) is 2.69. The zero-order valence-electron chi connectivity index (χ0n) is 8.70. The lowest BCUT2D eigenvalue weighted by atomic mass is 10.1. The molecule has 0 N–H and O–H groups in total. The van der Waals surface area contributed by atoms with Crippen molar-refractivity contribution in [1.29, 1.82) is 0 Å². The fourth-order valence-electron chi connectivity index (χ4n) is 2.15. The molecule has 2 aliphatic rings. The van der Waals surface area contributed by atoms with Gasteiger partial charge in [0.1, 0.15) is 0 Å². The quantitative estimate of drug-likeness (QED) is 0.644. The van der Waals surface area contributed by atoms with Gasteiger partial charge in [-0.05, 0) is 35.5 Å². The number of pyridine rings is 1. The highest BCUT2D eigenvalue weighted by Gasteiger charge is 2.34. The molecule has 0 aliphatic heterocycles. The van der Waals surface area contributed by atoms with Crippen molar-refractivity contribution in [3.8, 4) is 0 Å². The summed E-state index contributed by atoms with van der Waals surface area (Å²) in [5.41, 5.74) is 1.22. The Morgan fingerprint density at radius 2 is 2.00 bits per heavy atom. The molecule has 1 aromatic rings. The molecule has 0 amide bonds. The van der Waals surface area contributed by atoms with Gasteiger partial charge in [0.05, 0.1) is 5.35 Å². The van der Waals surface area contributed by atoms with Crippen LogP contribution >= 0.6 is 0 Å². The number of rotatable bonds is 1. The Hall–Kier alpha value is -1.11. The van der Waals surface area contributed by atoms with E-state index in [-0.39, 0.29) is 0 Å². The first-order chi connectivity index (χ1) is 6.74. The molecule has 0 aromatic carbocycles. The van der Waals surface area contributed by atoms with Gasteiger partial charge >= 0.3 is 0 Å². The first-order valence-electron chi connectivity index (χ1n) is 5.45. The third-order valence-corrected chi connectivity index (χ3v) is 3.23. The van der Waals surface area contributed by atoms with E-state index in [1.807, 2.05) is 0 Å². The molecule has 0 saturated heterocycles. The maximum Gasteiger partial charge on any atom is 0.0665 e. The van der Waals surface area contributed by atoms with Crippen molar-refractivity contribution >= 4 is 12.2 Å². The van der Waals surface area contributed by atoms with Crippen molar-refractivity contribution in [3.05, 3.63) is 28.4 Å². The summed E-state index contributed by atoms with van der Waals surface area (Å²) in [5, 5.41) is 2.56. The summed E-state index contributed by atoms with van der Waals surface area (Å²) in [5.74, 6) is 2.16. The van der Waals surface area contributed by atoms with Crippen molar-refractivity contribution in [2.24, 2.45) is 11.8 Å². The molecule has 0 radical (unpaired) electrons. The minimum absolute atomic E-state index is 0.533. The summed E-state index contributed by atoms with van der Waals surface area (Å²) < 4.78 is 0. The van der Waals surface area contributed by atoms with Gasteiger partial charge in [0.25, 0.3) is 0 Å². The summed E-state index contributed by atoms with van der Waals surface area (Å²) in [6, 6.07) is 4.39. The minimum Gasteiger partial charge on any atom is -0.253 e. The highest BCUT2D eigenvalue weighted by atomic mass is 14.7. The van der Waals surface area contributed by atoms with Gasteiger partial charge < -0.3 is 0 Å². The Kier molecular flexibility index (Phi) is 1.58. The summed E-state index contributed by atoms with van der Waals surface area (Å²) >= 11 is 0. The van der Waals surface area contributed by atoms with Gasteiger partial charge in [-0.2, -0.15) is 0 Å². The average Bonchev–Trinajstić information content (AvgIpc) is 2.90. The van der Waals surface area contributed by atoms with E-state index in [4.69, 9.17) is 4.98 Å². The summed E-state index contributed by atoms with van der Waals surface area (Å²) in [6.07, 6.45) is 6.08. The van der Waals surface area contributed by atoms with Crippen LogP contribution in [-0.4, -0.2) is 4.98 Å². The van der Waals surface area contributed by atoms with Gasteiger partial charge in [-0.15, -0.1) is 0 Å². The van der Waals surface area contributed by atoms with Gasteiger partial charge in [0, 0.05) is 5.69 Å². The van der Waals surface area contributed by atoms with Crippen LogP contribution in [0.1, 0.15) is 31.9 Å². The molecule has 1 heterocycles. The van der Waals surface area contributed by atoms with E-state index in [9.17, 15) is 0 Å². The smallest absolute Gasteiger partial charge is 0.0665 e. The fraction of sp³-hybridized carbons (Fsp3) is 0.462. The summed E-state index contributed by atoms with van der Waals surface area (Å²) in [6.45, 7) is 4.39. The Balaban J connectivity index is 2.20. The zero-order valence-corrected chi connectivity index (χ0v) is 8.70. The molecule has 2 aliphatic carbocycles. The second-order valence-corrected chi connectivity index (χ2v) is 4.76. The molecule has 0 spiro atoms. The lowest BCUT2D eigenvalue weighted by molar-refractivity contribution is 0.812. The predicted molar refractivity (Wildman–Crippen MR) is 58.1 cm³/mol. The molecule has 1 fully saturated rings. The average molecular weight is 185 g/mol. The summed E-state index contributed by atoms with van der Waals surface area (Å²) in [7, 11) is 0. The van der Waals surface area contributed by atoms with E-state index in [0.717, 1.165) is 11.8 Å². The Bertz CT molecular complexity index is 484. The monoisotopic (exact) mass is 185 g/mol. The highest BCUT2D eigenvalue weighted by molar-refractivity contribution is 5.47. The van der Waals surface area contributed by atoms with Crippen LogP contribution < -0.4 is 10.6 Å². The summed E-state index contributed by atoms with van der Waals surface area (Å²) in [4.78, 5) is 4.70. The van der Waals surface area contributed by atoms with Gasteiger partial charge in [0.2, 0.25) is 0 Å². The number of aromatic nitrogens is 1. The third-order valence-electron chi connectivity index (χ3n) is 3.23. The molecular formula is C13H15N. The SMILES string of the molecule is CC(C)c1ccc2c(n1)=CC1CC1C=2. The van der Waals surface area contributed by atoms with Gasteiger partial charge in [-0.25, -0.2) is 0 Å². The molecular weight excluding hydrogens is 170 g/mol. The number of hydrogen-bond acceptors (Lipinski definition) is 1. The first-order valence-corrected chi connectivity index (χ1v) is 5.45. The Labute approximate surface area is 84.2 Å². The van der Waals surface area contributed by atoms with E-state index in [1.54, 1.807) is 0 Å². The lowest BCUT2D eigenvalue weighted by Crippen LogP contribution is -2.31. The van der Waals surface area contributed by atoms with Crippen LogP contribution in [0.5, 0.6) is 0 Å². The molecule has 3 rings (SSSR count). The van der Waals surface area contributed by atoms with Crippen LogP contribution in [0.15, 0.2) is 12.1 Å². The standard InChI is InChI=1S/C13H15N/c1-8(2)12-4-3-9-5-10-6-11(10)7-13(9)14-12/h3-5,7-8,10-11H,6H2,1-2H3. The maximum absolute atomic E-state index is 4.70. The topological polar surface area (TPSA) is 12.9 Å². The number of hydrogen-bond donors (Lipinski definition) is 0. The highest BCUT2D eigenvalue weighted by Crippen LogP contribution is 2.41. The molecule has 1 heteroatoms. The van der Waals surface area contributed by atoms with Gasteiger partial charge in [0.15, 0.2) is 0 Å². The van der Waals surface area contributed by atoms with Crippen molar-refractivity contribution < 1.29 is 0 Å². The molecule has 2 atom stereocenters. The Morgan fingerprint density at radius 3 is 2.79 bits per heavy atom. The molecule has 2 unspecified atom stereocenters. The van der Waals surface area contributed by atoms with Crippen LogP contribution in [0.4, 0.5) is 0 Å². The van der Waals surface area contributed by atoms with Crippen molar-refractivity contribution in [3.63, 3.8) is 0 Å². The van der Waals surface area contributed by atoms with Gasteiger partial charge in [-0.3, -0.25) is 4.98 Å². The molecule has 0 bridgehead atoms. The van der Waals surface area contributed by atoms with Crippen molar-refractivity contribution in [2.45, 2.75) is 26.2 Å². The largest absolute Gasteiger partial charge is 0.253 e. The minimum atomic E-state index is 0.533. The molecule has 1 saturated carbocycles. The first kappa shape index (κ1) is 8.22. The molecule has 1 aromatic heterocycles. The van der Waals surface area contributed by atoms with Crippen LogP contribution in [0, 0.1) is 11.8 Å². The van der Waals surface area contributed by atoms with E-state index in [1.165, 1.54) is 22.7 Å². The van der Waals surface area contributed by atoms with Crippen molar-refractivity contribution in [1.82, 2.24) is 4.98 Å². The molecule has 72 valence electrons. The third kappa shape index (κ3) is 1.19. The fourth-order valence-corrected chi connectivity index (χ4v) is 2.15. The van der Waals surface area contributed by atoms with Crippen LogP contribution in [-0.2, 0) is 0 Å². The molecule has 1 nitrogen and oxygen atoms in total. The van der Waals surface area contributed by atoms with E-state index < -0.39 is 0 Å². The second-order valence-electron chi connectivity index (χ2n) is 4.76. The normalized spacial score (nSPS) is 27.4. The van der Waals surface area contributed by atoms with E-state index >= 15 is 0 Å². The van der Waals surface area contributed by atoms with Crippen LogP contribution in [0.2, 0.25) is 0 Å². The van der Waals surface area contributed by atoms with Gasteiger partial charge in [-0.1, -0.05) is 32.1 Å². The Morgan fingerprint density at radius 1 is 1.21 bits per heavy atom. The maximum atomic E-state index is 4.70. The predicted octanol–water partition coefficient (Wildman–Crippen LogP) is 1.42. The van der Waals surface area contributed by atoms with E-state index in [2.05, 4.69) is 38.1 Å². The van der Waals surface area contributed by atoms with E-state index in [0.29, 0.717) is 5.92 Å². The van der Waals surface area contributed by atoms with Crippen LogP contribution in [0.3, 0.4) is 0 Å². The lowest BCUT2D eigenvalue weighted by Gasteiger charge is -2.05. The van der Waals surface area contributed by atoms with Crippen LogP contribution in [0.25, 0.3) is 12.2 Å². The number of nitrogens with zero attached hydrogens (tertiary/aromatic N) is 1. The number of fused-ring (bicyclic) bond motifs is 2. The molecule has 14 heavy (non-hydrogen) atoms. The zero-order chi connectivity index (χ0) is 9.71.